The van der Waals surface area contributed by atoms with Crippen LogP contribution in [0.1, 0.15) is 40.5 Å². The van der Waals surface area contributed by atoms with Crippen molar-refractivity contribution in [1.29, 1.82) is 0 Å². The van der Waals surface area contributed by atoms with Crippen LogP contribution in [0.25, 0.3) is 0 Å². The van der Waals surface area contributed by atoms with E-state index in [2.05, 4.69) is 0 Å². The molecule has 1 aromatic carbocycles. The monoisotopic (exact) mass is 375 g/mol. The zero-order valence-electron chi connectivity index (χ0n) is 14.5. The number of carbonyl (C=O) groups is 4. The summed E-state index contributed by atoms with van der Waals surface area (Å²) in [7, 11) is 0. The number of benzene rings is 1. The van der Waals surface area contributed by atoms with Gasteiger partial charge in [-0.15, -0.1) is 0 Å². The Morgan fingerprint density at radius 2 is 1.89 bits per heavy atom. The lowest BCUT2D eigenvalue weighted by Gasteiger charge is -2.21. The Hall–Kier alpha value is -3.30. The van der Waals surface area contributed by atoms with Crippen molar-refractivity contribution in [3.8, 4) is 0 Å². The third-order valence-electron chi connectivity index (χ3n) is 4.53. The number of ether oxygens (including phenoxy) is 1. The first-order valence-corrected chi connectivity index (χ1v) is 8.43. The fourth-order valence-corrected chi connectivity index (χ4v) is 3.22. The van der Waals surface area contributed by atoms with Gasteiger partial charge >= 0.3 is 5.97 Å². The lowest BCUT2D eigenvalue weighted by molar-refractivity contribution is -0.385. The average molecular weight is 375 g/mol. The third kappa shape index (κ3) is 3.37. The molecular weight excluding hydrogens is 358 g/mol. The summed E-state index contributed by atoms with van der Waals surface area (Å²) >= 11 is 0. The van der Waals surface area contributed by atoms with Gasteiger partial charge in [-0.1, -0.05) is 6.07 Å². The summed E-state index contributed by atoms with van der Waals surface area (Å²) in [4.78, 5) is 61.5. The number of hydrogen-bond acceptors (Lipinski definition) is 7. The predicted octanol–water partition coefficient (Wildman–Crippen LogP) is 0.745. The molecule has 0 aliphatic carbocycles. The summed E-state index contributed by atoms with van der Waals surface area (Å²) in [5.74, 6) is -3.02. The number of nitrogens with zero attached hydrogens (tertiary/aromatic N) is 3. The number of hydrogen-bond donors (Lipinski definition) is 0. The molecule has 0 spiro atoms. The van der Waals surface area contributed by atoms with Gasteiger partial charge < -0.3 is 9.64 Å². The molecule has 2 aliphatic rings. The molecule has 142 valence electrons. The molecule has 1 fully saturated rings. The van der Waals surface area contributed by atoms with Gasteiger partial charge in [-0.3, -0.25) is 34.2 Å². The Bertz CT molecular complexity index is 845. The molecule has 1 aromatic rings. The maximum Gasteiger partial charge on any atom is 0.326 e. The van der Waals surface area contributed by atoms with Gasteiger partial charge in [0, 0.05) is 19.2 Å². The predicted molar refractivity (Wildman–Crippen MR) is 89.8 cm³/mol. The molecule has 2 aliphatic heterocycles. The molecule has 0 radical (unpaired) electrons. The Balaban J connectivity index is 1.69. The van der Waals surface area contributed by atoms with Crippen molar-refractivity contribution in [2.45, 2.75) is 25.9 Å². The first kappa shape index (κ1) is 18.5. The number of imide groups is 1. The summed E-state index contributed by atoms with van der Waals surface area (Å²) in [5, 5.41) is 11.1. The second-order valence-electron chi connectivity index (χ2n) is 6.32. The molecule has 3 amide bonds. The highest BCUT2D eigenvalue weighted by Crippen LogP contribution is 2.30. The van der Waals surface area contributed by atoms with Crippen LogP contribution >= 0.6 is 0 Å². The normalized spacial score (nSPS) is 17.1. The van der Waals surface area contributed by atoms with Gasteiger partial charge in [0.1, 0.15) is 12.1 Å². The van der Waals surface area contributed by atoms with Gasteiger partial charge in [0.25, 0.3) is 23.4 Å². The van der Waals surface area contributed by atoms with Crippen LogP contribution in [0.4, 0.5) is 5.69 Å². The molecule has 27 heavy (non-hydrogen) atoms. The Morgan fingerprint density at radius 3 is 2.52 bits per heavy atom. The van der Waals surface area contributed by atoms with Gasteiger partial charge in [-0.05, 0) is 25.8 Å². The van der Waals surface area contributed by atoms with Crippen molar-refractivity contribution in [1.82, 2.24) is 9.80 Å². The number of esters is 1. The van der Waals surface area contributed by atoms with E-state index >= 15 is 0 Å². The van der Waals surface area contributed by atoms with Crippen LogP contribution in [0.5, 0.6) is 0 Å². The van der Waals surface area contributed by atoms with Crippen molar-refractivity contribution in [3.05, 3.63) is 39.4 Å². The highest BCUT2D eigenvalue weighted by atomic mass is 16.6. The number of carbonyl (C=O) groups excluding carboxylic acids is 4. The number of likely N-dealkylation sites (tertiary alicyclic amines) is 1. The molecule has 0 N–H and O–H groups in total. The Morgan fingerprint density at radius 1 is 1.22 bits per heavy atom. The van der Waals surface area contributed by atoms with E-state index in [4.69, 9.17) is 4.74 Å². The lowest BCUT2D eigenvalue weighted by atomic mass is 10.1. The zero-order chi connectivity index (χ0) is 19.7. The molecule has 10 nitrogen and oxygen atoms in total. The smallest absolute Gasteiger partial charge is 0.326 e. The van der Waals surface area contributed by atoms with E-state index in [0.29, 0.717) is 18.0 Å². The first-order valence-electron chi connectivity index (χ1n) is 8.43. The lowest BCUT2D eigenvalue weighted by Crippen LogP contribution is -2.41. The van der Waals surface area contributed by atoms with Crippen molar-refractivity contribution in [2.75, 3.05) is 19.6 Å². The van der Waals surface area contributed by atoms with E-state index in [-0.39, 0.29) is 17.0 Å². The van der Waals surface area contributed by atoms with E-state index in [1.54, 1.807) is 4.90 Å². The summed E-state index contributed by atoms with van der Waals surface area (Å²) in [6.45, 7) is 1.90. The maximum atomic E-state index is 12.4. The molecule has 1 atom stereocenters. The van der Waals surface area contributed by atoms with Gasteiger partial charge in [-0.2, -0.15) is 0 Å². The highest BCUT2D eigenvalue weighted by molar-refractivity contribution is 6.24. The van der Waals surface area contributed by atoms with E-state index in [9.17, 15) is 29.3 Å². The van der Waals surface area contributed by atoms with E-state index in [1.165, 1.54) is 19.1 Å². The molecular formula is C17H17N3O7. The first-order chi connectivity index (χ1) is 12.8. The minimum atomic E-state index is -1.04. The van der Waals surface area contributed by atoms with E-state index in [1.807, 2.05) is 0 Å². The highest BCUT2D eigenvalue weighted by Gasteiger charge is 2.42. The van der Waals surface area contributed by atoms with Crippen molar-refractivity contribution >= 4 is 29.4 Å². The van der Waals surface area contributed by atoms with E-state index < -0.39 is 41.0 Å². The van der Waals surface area contributed by atoms with Crippen LogP contribution in [0, 0.1) is 10.1 Å². The second kappa shape index (κ2) is 7.14. The van der Waals surface area contributed by atoms with Crippen LogP contribution in [0.2, 0.25) is 0 Å². The topological polar surface area (TPSA) is 127 Å². The molecule has 3 rings (SSSR count). The summed E-state index contributed by atoms with van der Waals surface area (Å²) in [6.07, 6.45) is 0.737. The van der Waals surface area contributed by atoms with Crippen LogP contribution in [0.15, 0.2) is 18.2 Å². The van der Waals surface area contributed by atoms with Gasteiger partial charge in [0.15, 0.2) is 6.10 Å². The van der Waals surface area contributed by atoms with Crippen molar-refractivity contribution in [3.63, 3.8) is 0 Å². The maximum absolute atomic E-state index is 12.4. The molecule has 0 aromatic heterocycles. The number of fused-ring (bicyclic) bond motifs is 1. The molecule has 0 bridgehead atoms. The van der Waals surface area contributed by atoms with Crippen LogP contribution in [-0.4, -0.2) is 64.2 Å². The molecule has 10 heteroatoms. The second-order valence-corrected chi connectivity index (χ2v) is 6.32. The van der Waals surface area contributed by atoms with Gasteiger partial charge in [0.2, 0.25) is 0 Å². The SMILES string of the molecule is C[C@@H](OC(=O)CN1C(=O)c2cccc([N+](=O)[O-])c2C1=O)C(=O)N1CCCC1. The fraction of sp³-hybridized carbons (Fsp3) is 0.412. The molecule has 0 saturated carbocycles. The van der Waals surface area contributed by atoms with Crippen LogP contribution in [0.3, 0.4) is 0 Å². The number of nitro groups is 1. The Labute approximate surface area is 153 Å². The summed E-state index contributed by atoms with van der Waals surface area (Å²) in [5.41, 5.74) is -0.982. The fourth-order valence-electron chi connectivity index (χ4n) is 3.22. The number of amides is 3. The Kier molecular flexibility index (Phi) is 4.89. The molecule has 1 saturated heterocycles. The number of rotatable bonds is 5. The van der Waals surface area contributed by atoms with Crippen LogP contribution < -0.4 is 0 Å². The van der Waals surface area contributed by atoms with E-state index in [0.717, 1.165) is 18.9 Å². The minimum Gasteiger partial charge on any atom is -0.451 e. The van der Waals surface area contributed by atoms with Crippen LogP contribution in [-0.2, 0) is 14.3 Å². The largest absolute Gasteiger partial charge is 0.451 e. The van der Waals surface area contributed by atoms with Crippen molar-refractivity contribution in [2.24, 2.45) is 0 Å². The summed E-state index contributed by atoms with van der Waals surface area (Å²) in [6, 6.07) is 3.69. The zero-order valence-corrected chi connectivity index (χ0v) is 14.5. The number of nitro benzene ring substituents is 1. The average Bonchev–Trinajstić information content (AvgIpc) is 3.24. The van der Waals surface area contributed by atoms with Gasteiger partial charge in [-0.25, -0.2) is 0 Å². The standard InChI is InChI=1S/C17H17N3O7/c1-10(15(22)18-7-2-3-8-18)27-13(21)9-19-16(23)11-5-4-6-12(20(25)26)14(11)17(19)24/h4-6,10H,2-3,7-9H2,1H3/t10-/m1/s1. The third-order valence-corrected chi connectivity index (χ3v) is 4.53. The molecule has 0 unspecified atom stereocenters. The van der Waals surface area contributed by atoms with Gasteiger partial charge in [0.05, 0.1) is 10.5 Å². The van der Waals surface area contributed by atoms with Crippen molar-refractivity contribution < 1.29 is 28.8 Å². The molecule has 2 heterocycles. The minimum absolute atomic E-state index is 0.136. The quantitative estimate of drug-likeness (QED) is 0.321. The summed E-state index contributed by atoms with van der Waals surface area (Å²) < 4.78 is 5.05.